The Bertz CT molecular complexity index is 822. The molecule has 0 aromatic heterocycles. The number of anilines is 1. The number of hydrogen-bond acceptors (Lipinski definition) is 4. The van der Waals surface area contributed by atoms with Gasteiger partial charge >= 0.3 is 0 Å². The van der Waals surface area contributed by atoms with Gasteiger partial charge in [-0.1, -0.05) is 23.7 Å². The molecule has 0 spiro atoms. The molecule has 0 unspecified atom stereocenters. The minimum absolute atomic E-state index is 0.0302. The molecule has 0 aliphatic heterocycles. The number of quaternary nitrogens is 1. The van der Waals surface area contributed by atoms with Crippen molar-refractivity contribution in [2.24, 2.45) is 0 Å². The van der Waals surface area contributed by atoms with Gasteiger partial charge in [-0.15, -0.1) is 0 Å². The second kappa shape index (κ2) is 8.83. The molecule has 0 aliphatic rings. The van der Waals surface area contributed by atoms with Crippen LogP contribution < -0.4 is 15.1 Å². The van der Waals surface area contributed by atoms with Crippen LogP contribution in [-0.4, -0.2) is 45.6 Å². The molecule has 0 heterocycles. The summed E-state index contributed by atoms with van der Waals surface area (Å²) in [4.78, 5) is 26.1. The van der Waals surface area contributed by atoms with Gasteiger partial charge in [0.15, 0.2) is 0 Å². The van der Waals surface area contributed by atoms with Crippen LogP contribution in [0.5, 0.6) is 0 Å². The van der Waals surface area contributed by atoms with Crippen molar-refractivity contribution in [3.8, 4) is 0 Å². The number of hydrogen-bond donors (Lipinski definition) is 2. The number of benzene rings is 2. The van der Waals surface area contributed by atoms with E-state index in [2.05, 4.69) is 5.32 Å². The first-order valence-corrected chi connectivity index (χ1v) is 8.88. The van der Waals surface area contributed by atoms with Crippen molar-refractivity contribution in [1.82, 2.24) is 5.32 Å². The van der Waals surface area contributed by atoms with Crippen molar-refractivity contribution in [3.63, 3.8) is 0 Å². The Kier molecular flexibility index (Phi) is 6.76. The molecule has 1 atom stereocenters. The van der Waals surface area contributed by atoms with E-state index < -0.39 is 10.8 Å². The highest BCUT2D eigenvalue weighted by Crippen LogP contribution is 2.22. The van der Waals surface area contributed by atoms with Crippen LogP contribution in [0.15, 0.2) is 42.5 Å². The molecule has 0 saturated carbocycles. The zero-order chi connectivity index (χ0) is 20.1. The quantitative estimate of drug-likeness (QED) is 0.558. The number of rotatable bonds is 7. The van der Waals surface area contributed by atoms with E-state index in [9.17, 15) is 14.9 Å². The summed E-state index contributed by atoms with van der Waals surface area (Å²) in [5.74, 6) is -0.431. The summed E-state index contributed by atoms with van der Waals surface area (Å²) in [5, 5.41) is 14.0. The van der Waals surface area contributed by atoms with Gasteiger partial charge in [0.05, 0.1) is 36.1 Å². The van der Waals surface area contributed by atoms with Crippen molar-refractivity contribution in [2.45, 2.75) is 6.04 Å². The smallest absolute Gasteiger partial charge is 0.270 e. The minimum atomic E-state index is -0.549. The van der Waals surface area contributed by atoms with Gasteiger partial charge in [0.25, 0.3) is 11.6 Å². The molecule has 0 saturated heterocycles. The number of halogens is 1. The van der Waals surface area contributed by atoms with Gasteiger partial charge in [0.2, 0.25) is 0 Å². The lowest BCUT2D eigenvalue weighted by Gasteiger charge is -2.23. The SMILES string of the molecule is CN(C)c1ccc([C@H](CNC(=O)c2cc([N+](=O)[O-])ccc2Cl)[NH+](C)C)cc1. The maximum Gasteiger partial charge on any atom is 0.270 e. The van der Waals surface area contributed by atoms with Crippen molar-refractivity contribution < 1.29 is 14.6 Å². The van der Waals surface area contributed by atoms with E-state index >= 15 is 0 Å². The Labute approximate surface area is 163 Å². The summed E-state index contributed by atoms with van der Waals surface area (Å²) in [5.41, 5.74) is 2.12. The molecule has 0 radical (unpaired) electrons. The number of carbonyl (C=O) groups excluding carboxylic acids is 1. The maximum absolute atomic E-state index is 12.5. The fraction of sp³-hybridized carbons (Fsp3) is 0.316. The van der Waals surface area contributed by atoms with Gasteiger partial charge in [0, 0.05) is 37.5 Å². The first-order chi connectivity index (χ1) is 12.7. The Morgan fingerprint density at radius 1 is 1.22 bits per heavy atom. The van der Waals surface area contributed by atoms with Gasteiger partial charge in [-0.05, 0) is 18.2 Å². The summed E-state index contributed by atoms with van der Waals surface area (Å²) in [7, 11) is 7.98. The monoisotopic (exact) mass is 391 g/mol. The molecule has 27 heavy (non-hydrogen) atoms. The van der Waals surface area contributed by atoms with E-state index in [1.165, 1.54) is 18.2 Å². The zero-order valence-electron chi connectivity index (χ0n) is 15.8. The maximum atomic E-state index is 12.5. The third kappa shape index (κ3) is 5.18. The molecule has 7 nitrogen and oxygen atoms in total. The molecule has 8 heteroatoms. The van der Waals surface area contributed by atoms with Crippen LogP contribution in [0, 0.1) is 10.1 Å². The topological polar surface area (TPSA) is 79.9 Å². The van der Waals surface area contributed by atoms with E-state index in [1.54, 1.807) is 0 Å². The summed E-state index contributed by atoms with van der Waals surface area (Å²) in [6, 6.07) is 12.0. The fourth-order valence-corrected chi connectivity index (χ4v) is 2.95. The van der Waals surface area contributed by atoms with Crippen LogP contribution in [0.2, 0.25) is 5.02 Å². The van der Waals surface area contributed by atoms with E-state index in [4.69, 9.17) is 11.6 Å². The number of non-ortho nitro benzene ring substituents is 1. The predicted molar refractivity (Wildman–Crippen MR) is 107 cm³/mol. The van der Waals surface area contributed by atoms with Crippen molar-refractivity contribution in [3.05, 3.63) is 68.7 Å². The lowest BCUT2D eigenvalue weighted by Crippen LogP contribution is -3.07. The Balaban J connectivity index is 2.15. The highest BCUT2D eigenvalue weighted by Gasteiger charge is 2.21. The minimum Gasteiger partial charge on any atom is -0.378 e. The average Bonchev–Trinajstić information content (AvgIpc) is 2.62. The summed E-state index contributed by atoms with van der Waals surface area (Å²) < 4.78 is 0. The molecule has 0 fully saturated rings. The number of nitrogens with one attached hydrogen (secondary N) is 2. The fourth-order valence-electron chi connectivity index (χ4n) is 2.75. The first-order valence-electron chi connectivity index (χ1n) is 8.50. The second-order valence-corrected chi connectivity index (χ2v) is 7.15. The van der Waals surface area contributed by atoms with Gasteiger partial charge in [0.1, 0.15) is 6.04 Å². The molecular weight excluding hydrogens is 368 g/mol. The third-order valence-electron chi connectivity index (χ3n) is 4.38. The van der Waals surface area contributed by atoms with Crippen molar-refractivity contribution >= 4 is 28.9 Å². The number of likely N-dealkylation sites (N-methyl/N-ethyl adjacent to an activating group) is 1. The van der Waals surface area contributed by atoms with Crippen LogP contribution >= 0.6 is 11.6 Å². The van der Waals surface area contributed by atoms with Crippen molar-refractivity contribution in [1.29, 1.82) is 0 Å². The van der Waals surface area contributed by atoms with Crippen LogP contribution in [0.4, 0.5) is 11.4 Å². The van der Waals surface area contributed by atoms with Crippen LogP contribution in [0.1, 0.15) is 22.0 Å². The molecule has 2 aromatic carbocycles. The molecule has 0 aliphatic carbocycles. The molecular formula is C19H24ClN4O3+. The number of nitro groups is 1. The van der Waals surface area contributed by atoms with Crippen LogP contribution in [-0.2, 0) is 0 Å². The second-order valence-electron chi connectivity index (χ2n) is 6.75. The van der Waals surface area contributed by atoms with Crippen molar-refractivity contribution in [2.75, 3.05) is 39.6 Å². The van der Waals surface area contributed by atoms with Gasteiger partial charge < -0.3 is 15.1 Å². The van der Waals surface area contributed by atoms with E-state index in [-0.39, 0.29) is 22.3 Å². The molecule has 2 aromatic rings. The first kappa shape index (κ1) is 20.7. The summed E-state index contributed by atoms with van der Waals surface area (Å²) in [6.07, 6.45) is 0. The summed E-state index contributed by atoms with van der Waals surface area (Å²) >= 11 is 6.04. The highest BCUT2D eigenvalue weighted by molar-refractivity contribution is 6.33. The molecule has 144 valence electrons. The van der Waals surface area contributed by atoms with E-state index in [0.717, 1.165) is 16.2 Å². The Hall–Kier alpha value is -2.64. The molecule has 1 amide bonds. The average molecular weight is 392 g/mol. The zero-order valence-corrected chi connectivity index (χ0v) is 16.6. The number of carbonyl (C=O) groups is 1. The van der Waals surface area contributed by atoms with Gasteiger partial charge in [-0.3, -0.25) is 14.9 Å². The highest BCUT2D eigenvalue weighted by atomic mass is 35.5. The standard InChI is InChI=1S/C19H23ClN4O3/c1-22(2)14-7-5-13(6-8-14)18(23(3)4)12-21-19(25)16-11-15(24(26)27)9-10-17(16)20/h5-11,18H,12H2,1-4H3,(H,21,25)/p+1/t18-/m0/s1. The third-order valence-corrected chi connectivity index (χ3v) is 4.71. The largest absolute Gasteiger partial charge is 0.378 e. The number of nitro benzene ring substituents is 1. The number of amides is 1. The van der Waals surface area contributed by atoms with Crippen LogP contribution in [0.3, 0.4) is 0 Å². The molecule has 0 bridgehead atoms. The Morgan fingerprint density at radius 2 is 1.85 bits per heavy atom. The normalized spacial score (nSPS) is 11.9. The van der Waals surface area contributed by atoms with Gasteiger partial charge in [-0.2, -0.15) is 0 Å². The lowest BCUT2D eigenvalue weighted by atomic mass is 10.0. The van der Waals surface area contributed by atoms with E-state index in [1.807, 2.05) is 57.4 Å². The summed E-state index contributed by atoms with van der Waals surface area (Å²) in [6.45, 7) is 0.376. The molecule has 2 rings (SSSR count). The lowest BCUT2D eigenvalue weighted by molar-refractivity contribution is -0.890. The van der Waals surface area contributed by atoms with E-state index in [0.29, 0.717) is 6.54 Å². The van der Waals surface area contributed by atoms with Crippen LogP contribution in [0.25, 0.3) is 0 Å². The predicted octanol–water partition coefficient (Wildman–Crippen LogP) is 1.93. The number of nitrogens with zero attached hydrogens (tertiary/aromatic N) is 2. The van der Waals surface area contributed by atoms with Gasteiger partial charge in [-0.25, -0.2) is 0 Å². The Morgan fingerprint density at radius 3 is 2.37 bits per heavy atom. The molecule has 2 N–H and O–H groups in total.